The highest BCUT2D eigenvalue weighted by Gasteiger charge is 2.33. The third-order valence-electron chi connectivity index (χ3n) is 4.26. The van der Waals surface area contributed by atoms with E-state index in [4.69, 9.17) is 0 Å². The number of para-hydroxylation sites is 1. The lowest BCUT2D eigenvalue weighted by molar-refractivity contribution is 0.741. The average Bonchev–Trinajstić information content (AvgIpc) is 2.63. The van der Waals surface area contributed by atoms with Crippen LogP contribution >= 0.6 is 0 Å². The van der Waals surface area contributed by atoms with Crippen molar-refractivity contribution in [2.24, 2.45) is 0 Å². The largest absolute Gasteiger partial charge is 0.368 e. The second-order valence-corrected chi connectivity index (χ2v) is 5.59. The van der Waals surface area contributed by atoms with Gasteiger partial charge in [0, 0.05) is 5.69 Å². The molecular formula is C21H17N. The molecule has 1 N–H and O–H groups in total. The number of nitrogens with one attached hydrogen (secondary N) is 1. The van der Waals surface area contributed by atoms with Crippen LogP contribution in [0.25, 0.3) is 6.08 Å². The lowest BCUT2D eigenvalue weighted by Gasteiger charge is -2.37. The van der Waals surface area contributed by atoms with E-state index in [2.05, 4.69) is 102 Å². The summed E-state index contributed by atoms with van der Waals surface area (Å²) in [7, 11) is 0. The van der Waals surface area contributed by atoms with Gasteiger partial charge in [0.2, 0.25) is 0 Å². The number of anilines is 1. The molecule has 1 heterocycles. The lowest BCUT2D eigenvalue weighted by Crippen LogP contribution is -2.36. The van der Waals surface area contributed by atoms with E-state index in [0.717, 1.165) is 5.69 Å². The molecule has 1 heteroatoms. The molecule has 0 fully saturated rings. The van der Waals surface area contributed by atoms with Crippen molar-refractivity contribution in [3.8, 4) is 0 Å². The maximum absolute atomic E-state index is 3.76. The van der Waals surface area contributed by atoms with Gasteiger partial charge in [-0.15, -0.1) is 0 Å². The topological polar surface area (TPSA) is 12.0 Å². The molecule has 0 bridgehead atoms. The summed E-state index contributed by atoms with van der Waals surface area (Å²) in [5.74, 6) is 0. The molecular weight excluding hydrogens is 266 g/mol. The number of hydrogen-bond donors (Lipinski definition) is 1. The molecule has 0 aliphatic carbocycles. The van der Waals surface area contributed by atoms with Crippen molar-refractivity contribution in [3.05, 3.63) is 108 Å². The minimum atomic E-state index is -0.323. The van der Waals surface area contributed by atoms with Gasteiger partial charge in [-0.25, -0.2) is 0 Å². The van der Waals surface area contributed by atoms with Crippen molar-refractivity contribution >= 4 is 11.8 Å². The first-order valence-corrected chi connectivity index (χ1v) is 7.56. The molecule has 0 aromatic heterocycles. The van der Waals surface area contributed by atoms with Gasteiger partial charge in [0.05, 0.1) is 0 Å². The maximum Gasteiger partial charge on any atom is 0.107 e. The summed E-state index contributed by atoms with van der Waals surface area (Å²) in [6.45, 7) is 0. The Morgan fingerprint density at radius 1 is 0.591 bits per heavy atom. The van der Waals surface area contributed by atoms with Gasteiger partial charge in [0.1, 0.15) is 5.54 Å². The second-order valence-electron chi connectivity index (χ2n) is 5.59. The fourth-order valence-electron chi connectivity index (χ4n) is 3.13. The van der Waals surface area contributed by atoms with E-state index < -0.39 is 0 Å². The van der Waals surface area contributed by atoms with Crippen molar-refractivity contribution in [2.75, 3.05) is 5.32 Å². The van der Waals surface area contributed by atoms with Crippen LogP contribution in [0.3, 0.4) is 0 Å². The van der Waals surface area contributed by atoms with E-state index in [1.54, 1.807) is 0 Å². The summed E-state index contributed by atoms with van der Waals surface area (Å²) in [6, 6.07) is 29.6. The monoisotopic (exact) mass is 283 g/mol. The summed E-state index contributed by atoms with van der Waals surface area (Å²) in [4.78, 5) is 0. The Kier molecular flexibility index (Phi) is 3.05. The molecule has 106 valence electrons. The summed E-state index contributed by atoms with van der Waals surface area (Å²) >= 11 is 0. The molecule has 0 unspecified atom stereocenters. The minimum Gasteiger partial charge on any atom is -0.368 e. The quantitative estimate of drug-likeness (QED) is 0.692. The third kappa shape index (κ3) is 2.03. The van der Waals surface area contributed by atoms with Gasteiger partial charge < -0.3 is 5.32 Å². The van der Waals surface area contributed by atoms with Gasteiger partial charge in [-0.1, -0.05) is 84.9 Å². The Balaban J connectivity index is 1.93. The van der Waals surface area contributed by atoms with E-state index in [1.165, 1.54) is 16.7 Å². The van der Waals surface area contributed by atoms with Crippen LogP contribution < -0.4 is 5.32 Å². The zero-order valence-electron chi connectivity index (χ0n) is 12.2. The van der Waals surface area contributed by atoms with Crippen molar-refractivity contribution in [1.29, 1.82) is 0 Å². The Bertz CT molecular complexity index is 764. The zero-order chi connectivity index (χ0) is 14.8. The molecule has 0 saturated carbocycles. The fourth-order valence-corrected chi connectivity index (χ4v) is 3.13. The second kappa shape index (κ2) is 5.19. The first kappa shape index (κ1) is 12.9. The summed E-state index contributed by atoms with van der Waals surface area (Å²) in [5, 5.41) is 3.76. The molecule has 0 spiro atoms. The van der Waals surface area contributed by atoms with Crippen LogP contribution in [-0.2, 0) is 5.54 Å². The van der Waals surface area contributed by atoms with E-state index in [0.29, 0.717) is 0 Å². The predicted molar refractivity (Wildman–Crippen MR) is 92.8 cm³/mol. The van der Waals surface area contributed by atoms with Gasteiger partial charge >= 0.3 is 0 Å². The van der Waals surface area contributed by atoms with Gasteiger partial charge in [0.25, 0.3) is 0 Å². The Labute approximate surface area is 130 Å². The van der Waals surface area contributed by atoms with Crippen molar-refractivity contribution in [3.63, 3.8) is 0 Å². The number of rotatable bonds is 2. The normalized spacial score (nSPS) is 14.9. The molecule has 0 saturated heterocycles. The first-order chi connectivity index (χ1) is 10.9. The van der Waals surface area contributed by atoms with E-state index in [-0.39, 0.29) is 5.54 Å². The highest BCUT2D eigenvalue weighted by Crippen LogP contribution is 2.39. The average molecular weight is 283 g/mol. The molecule has 0 atom stereocenters. The Hall–Kier alpha value is -2.80. The van der Waals surface area contributed by atoms with Crippen molar-refractivity contribution < 1.29 is 0 Å². The molecule has 4 rings (SSSR count). The van der Waals surface area contributed by atoms with Gasteiger partial charge in [-0.2, -0.15) is 0 Å². The standard InChI is InChI=1S/C21H17N/c1-3-10-18(11-4-1)21(19-12-5-2-6-13-19)16-15-17-9-7-8-14-20(17)22-21/h1-16,22H. The summed E-state index contributed by atoms with van der Waals surface area (Å²) in [5.41, 5.74) is 4.55. The van der Waals surface area contributed by atoms with Crippen LogP contribution in [0, 0.1) is 0 Å². The molecule has 1 nitrogen and oxygen atoms in total. The summed E-state index contributed by atoms with van der Waals surface area (Å²) < 4.78 is 0. The molecule has 1 aliphatic heterocycles. The van der Waals surface area contributed by atoms with E-state index in [9.17, 15) is 0 Å². The van der Waals surface area contributed by atoms with Crippen molar-refractivity contribution in [1.82, 2.24) is 0 Å². The van der Waals surface area contributed by atoms with Gasteiger partial charge in [0.15, 0.2) is 0 Å². The van der Waals surface area contributed by atoms with Crippen LogP contribution in [0.2, 0.25) is 0 Å². The SMILES string of the molecule is C1=CC(c2ccccc2)(c2ccccc2)Nc2ccccc21. The van der Waals surface area contributed by atoms with Crippen LogP contribution in [0.5, 0.6) is 0 Å². The molecule has 0 amide bonds. The van der Waals surface area contributed by atoms with Gasteiger partial charge in [-0.05, 0) is 28.8 Å². The van der Waals surface area contributed by atoms with E-state index >= 15 is 0 Å². The number of hydrogen-bond acceptors (Lipinski definition) is 1. The van der Waals surface area contributed by atoms with Crippen LogP contribution in [0.15, 0.2) is 91.0 Å². The smallest absolute Gasteiger partial charge is 0.107 e. The summed E-state index contributed by atoms with van der Waals surface area (Å²) in [6.07, 6.45) is 4.48. The molecule has 3 aromatic carbocycles. The highest BCUT2D eigenvalue weighted by atomic mass is 15.0. The molecule has 0 radical (unpaired) electrons. The Morgan fingerprint density at radius 2 is 1.14 bits per heavy atom. The highest BCUT2D eigenvalue weighted by molar-refractivity contribution is 5.75. The molecule has 1 aliphatic rings. The first-order valence-electron chi connectivity index (χ1n) is 7.56. The van der Waals surface area contributed by atoms with Crippen LogP contribution in [-0.4, -0.2) is 0 Å². The van der Waals surface area contributed by atoms with Gasteiger partial charge in [-0.3, -0.25) is 0 Å². The lowest BCUT2D eigenvalue weighted by atomic mass is 9.80. The molecule has 3 aromatic rings. The fraction of sp³-hybridized carbons (Fsp3) is 0.0476. The Morgan fingerprint density at radius 3 is 1.77 bits per heavy atom. The minimum absolute atomic E-state index is 0.323. The number of benzene rings is 3. The maximum atomic E-state index is 3.76. The molecule has 22 heavy (non-hydrogen) atoms. The zero-order valence-corrected chi connectivity index (χ0v) is 12.2. The van der Waals surface area contributed by atoms with Crippen LogP contribution in [0.1, 0.15) is 16.7 Å². The number of fused-ring (bicyclic) bond motifs is 1. The predicted octanol–water partition coefficient (Wildman–Crippen LogP) is 5.07. The van der Waals surface area contributed by atoms with Crippen molar-refractivity contribution in [2.45, 2.75) is 5.54 Å². The van der Waals surface area contributed by atoms with Crippen LogP contribution in [0.4, 0.5) is 5.69 Å². The third-order valence-corrected chi connectivity index (χ3v) is 4.26. The van der Waals surface area contributed by atoms with E-state index in [1.807, 2.05) is 0 Å².